The van der Waals surface area contributed by atoms with Crippen LogP contribution in [0.5, 0.6) is 0 Å². The zero-order valence-corrected chi connectivity index (χ0v) is 35.7. The van der Waals surface area contributed by atoms with Gasteiger partial charge in [-0.3, -0.25) is 0 Å². The highest BCUT2D eigenvalue weighted by Gasteiger charge is 2.63. The monoisotopic (exact) mass is 810 g/mol. The summed E-state index contributed by atoms with van der Waals surface area (Å²) in [6, 6.07) is 59.4. The zero-order valence-electron chi connectivity index (χ0n) is 35.7. The first-order chi connectivity index (χ1) is 30.9. The molecule has 0 radical (unpaired) electrons. The second-order valence-corrected chi connectivity index (χ2v) is 20.4. The molecule has 2 heteroatoms. The second kappa shape index (κ2) is 12.1. The van der Waals surface area contributed by atoms with Crippen molar-refractivity contribution in [3.8, 4) is 55.6 Å². The largest absolute Gasteiger partial charge is 0.456 e. The molecule has 2 heterocycles. The number of furan rings is 2. The molecule has 6 aliphatic rings. The van der Waals surface area contributed by atoms with Crippen molar-refractivity contribution >= 4 is 43.9 Å². The molecule has 1 spiro atoms. The van der Waals surface area contributed by atoms with Crippen molar-refractivity contribution in [2.24, 2.45) is 23.7 Å². The minimum Gasteiger partial charge on any atom is -0.456 e. The van der Waals surface area contributed by atoms with Crippen LogP contribution >= 0.6 is 0 Å². The van der Waals surface area contributed by atoms with Crippen LogP contribution in [0, 0.1) is 23.7 Å². The molecule has 4 saturated carbocycles. The Balaban J connectivity index is 0.970. The van der Waals surface area contributed by atoms with Crippen LogP contribution in [0.25, 0.3) is 99.5 Å². The van der Waals surface area contributed by atoms with Crippen molar-refractivity contribution in [3.63, 3.8) is 0 Å². The van der Waals surface area contributed by atoms with Crippen molar-refractivity contribution in [2.45, 2.75) is 56.8 Å². The normalized spacial score (nSPS) is 23.3. The average molecular weight is 811 g/mol. The van der Waals surface area contributed by atoms with Gasteiger partial charge in [-0.05, 0) is 188 Å². The lowest BCUT2D eigenvalue weighted by Gasteiger charge is -2.61. The molecule has 8 aromatic carbocycles. The number of rotatable bonds is 3. The summed E-state index contributed by atoms with van der Waals surface area (Å²) in [5.41, 5.74) is 23.1. The Morgan fingerprint density at radius 1 is 0.381 bits per heavy atom. The van der Waals surface area contributed by atoms with Crippen LogP contribution in [0.1, 0.15) is 68.2 Å². The molecule has 302 valence electrons. The Bertz CT molecular complexity index is 3470. The van der Waals surface area contributed by atoms with Crippen LogP contribution in [-0.4, -0.2) is 0 Å². The number of hydrogen-bond donors (Lipinski definition) is 0. The molecule has 2 nitrogen and oxygen atoms in total. The van der Waals surface area contributed by atoms with Gasteiger partial charge in [-0.25, -0.2) is 0 Å². The van der Waals surface area contributed by atoms with E-state index < -0.39 is 0 Å². The lowest BCUT2D eigenvalue weighted by molar-refractivity contribution is -0.0397. The maximum atomic E-state index is 6.32. The summed E-state index contributed by atoms with van der Waals surface area (Å²) in [7, 11) is 0. The van der Waals surface area contributed by atoms with Gasteiger partial charge in [0.2, 0.25) is 0 Å². The molecule has 4 bridgehead atoms. The average Bonchev–Trinajstić information content (AvgIpc) is 4.03. The van der Waals surface area contributed by atoms with E-state index in [1.165, 1.54) is 93.3 Å². The topological polar surface area (TPSA) is 26.3 Å². The Labute approximate surface area is 367 Å². The first-order valence-electron chi connectivity index (χ1n) is 23.3. The van der Waals surface area contributed by atoms with Gasteiger partial charge in [0.1, 0.15) is 22.3 Å². The van der Waals surface area contributed by atoms with E-state index in [1.807, 2.05) is 0 Å². The van der Waals surface area contributed by atoms with E-state index >= 15 is 0 Å². The molecule has 0 unspecified atom stereocenters. The van der Waals surface area contributed by atoms with Crippen LogP contribution < -0.4 is 0 Å². The predicted molar refractivity (Wildman–Crippen MR) is 258 cm³/mol. The third kappa shape index (κ3) is 4.49. The predicted octanol–water partition coefficient (Wildman–Crippen LogP) is 16.5. The molecule has 0 amide bonds. The van der Waals surface area contributed by atoms with Crippen molar-refractivity contribution in [2.75, 3.05) is 0 Å². The molecule has 0 saturated heterocycles. The summed E-state index contributed by atoms with van der Waals surface area (Å²) >= 11 is 0. The van der Waals surface area contributed by atoms with Gasteiger partial charge in [-0.15, -0.1) is 0 Å². The highest BCUT2D eigenvalue weighted by molar-refractivity contribution is 6.08. The molecule has 0 aliphatic heterocycles. The van der Waals surface area contributed by atoms with Gasteiger partial charge in [-0.2, -0.15) is 0 Å². The van der Waals surface area contributed by atoms with Crippen molar-refractivity contribution < 1.29 is 8.83 Å². The summed E-state index contributed by atoms with van der Waals surface area (Å²) in [6.07, 6.45) is 7.01. The maximum Gasteiger partial charge on any atom is 0.135 e. The summed E-state index contributed by atoms with van der Waals surface area (Å²) < 4.78 is 12.6. The second-order valence-electron chi connectivity index (χ2n) is 20.4. The lowest BCUT2D eigenvalue weighted by atomic mass is 9.42. The van der Waals surface area contributed by atoms with Gasteiger partial charge in [0, 0.05) is 32.4 Å². The van der Waals surface area contributed by atoms with E-state index in [0.717, 1.165) is 55.7 Å². The van der Waals surface area contributed by atoms with Gasteiger partial charge >= 0.3 is 0 Å². The summed E-state index contributed by atoms with van der Waals surface area (Å²) in [5.74, 6) is 3.24. The van der Waals surface area contributed by atoms with Gasteiger partial charge in [0.25, 0.3) is 0 Å². The molecular weight excluding hydrogens is 765 g/mol. The number of fused-ring (bicyclic) bond motifs is 13. The van der Waals surface area contributed by atoms with E-state index in [-0.39, 0.29) is 10.8 Å². The van der Waals surface area contributed by atoms with Crippen LogP contribution in [0.2, 0.25) is 0 Å². The highest BCUT2D eigenvalue weighted by Crippen LogP contribution is 2.72. The molecule has 10 aromatic rings. The van der Waals surface area contributed by atoms with Crippen LogP contribution in [0.3, 0.4) is 0 Å². The van der Waals surface area contributed by atoms with E-state index in [4.69, 9.17) is 8.83 Å². The molecular formula is C61H46O2. The Morgan fingerprint density at radius 3 is 1.57 bits per heavy atom. The molecule has 16 rings (SSSR count). The fourth-order valence-electron chi connectivity index (χ4n) is 14.8. The summed E-state index contributed by atoms with van der Waals surface area (Å²) in [5, 5.41) is 4.59. The summed E-state index contributed by atoms with van der Waals surface area (Å²) in [6.45, 7) is 5.00. The minimum absolute atomic E-state index is 0.0945. The molecule has 63 heavy (non-hydrogen) atoms. The standard InChI is InChI=1S/C61H46O2/c1-60(2)52-21-20-47-44-10-3-6-15-51(44)61(41-25-34-24-35(27-41)28-42(61)26-34)59(47)57(52)48-14-9-13-43(58(48)60)40-30-38(36-18-22-55-49(32-36)45-11-4-7-16-53(45)62-55)29-39(31-40)37-19-23-56-50(33-37)46-12-5-8-17-54(46)63-56/h3-23,29-35,41-42H,24-28H2,1-2H3. The Hall–Kier alpha value is -6.64. The quantitative estimate of drug-likeness (QED) is 0.178. The zero-order chi connectivity index (χ0) is 41.3. The molecule has 6 aliphatic carbocycles. The van der Waals surface area contributed by atoms with Crippen LogP contribution in [-0.2, 0) is 10.8 Å². The fraction of sp³-hybridized carbons (Fsp3) is 0.213. The van der Waals surface area contributed by atoms with Crippen molar-refractivity contribution in [1.29, 1.82) is 0 Å². The maximum absolute atomic E-state index is 6.32. The smallest absolute Gasteiger partial charge is 0.135 e. The first-order valence-corrected chi connectivity index (χ1v) is 23.3. The van der Waals surface area contributed by atoms with E-state index in [2.05, 4.69) is 172 Å². The number of hydrogen-bond acceptors (Lipinski definition) is 2. The third-order valence-electron chi connectivity index (χ3n) is 17.0. The Kier molecular flexibility index (Phi) is 6.69. The molecule has 0 N–H and O–H groups in total. The van der Waals surface area contributed by atoms with Crippen molar-refractivity contribution in [1.82, 2.24) is 0 Å². The SMILES string of the molecule is CC1(C)c2ccc3c(c2-c2cccc(-c4cc(-c5ccc6oc7ccccc7c6c5)cc(-c5ccc6oc7ccccc7c6c5)c4)c21)C1(c2ccccc2-3)C2CC3CC(C2)CC1C3. The van der Waals surface area contributed by atoms with Gasteiger partial charge in [-0.1, -0.05) is 117 Å². The Morgan fingerprint density at radius 2 is 0.921 bits per heavy atom. The number of para-hydroxylation sites is 2. The molecule has 0 atom stereocenters. The van der Waals surface area contributed by atoms with Crippen LogP contribution in [0.15, 0.2) is 167 Å². The van der Waals surface area contributed by atoms with E-state index in [9.17, 15) is 0 Å². The lowest BCUT2D eigenvalue weighted by Crippen LogP contribution is -2.55. The number of benzene rings is 8. The fourth-order valence-corrected chi connectivity index (χ4v) is 14.8. The van der Waals surface area contributed by atoms with Gasteiger partial charge in [0.15, 0.2) is 0 Å². The van der Waals surface area contributed by atoms with E-state index in [0.29, 0.717) is 11.8 Å². The van der Waals surface area contributed by atoms with Gasteiger partial charge < -0.3 is 8.83 Å². The van der Waals surface area contributed by atoms with E-state index in [1.54, 1.807) is 16.7 Å². The molecule has 2 aromatic heterocycles. The minimum atomic E-state index is -0.197. The van der Waals surface area contributed by atoms with Gasteiger partial charge in [0.05, 0.1) is 0 Å². The third-order valence-corrected chi connectivity index (χ3v) is 17.0. The molecule has 4 fully saturated rings. The van der Waals surface area contributed by atoms with Crippen molar-refractivity contribution in [3.05, 3.63) is 180 Å². The first kappa shape index (κ1) is 34.9. The van der Waals surface area contributed by atoms with Crippen LogP contribution in [0.4, 0.5) is 0 Å². The highest BCUT2D eigenvalue weighted by atomic mass is 16.3. The summed E-state index contributed by atoms with van der Waals surface area (Å²) in [4.78, 5) is 0.